The summed E-state index contributed by atoms with van der Waals surface area (Å²) in [5.74, 6) is 0. The van der Waals surface area contributed by atoms with Crippen molar-refractivity contribution in [2.45, 2.75) is 26.4 Å². The molecule has 0 bridgehead atoms. The number of thiazole rings is 1. The number of rotatable bonds is 4. The van der Waals surface area contributed by atoms with Gasteiger partial charge in [-0.2, -0.15) is 13.2 Å². The van der Waals surface area contributed by atoms with Gasteiger partial charge in [0.15, 0.2) is 0 Å². The number of nitrogens with zero attached hydrogens (tertiary/aromatic N) is 4. The van der Waals surface area contributed by atoms with E-state index in [1.54, 1.807) is 23.7 Å². The average Bonchev–Trinajstić information content (AvgIpc) is 2.99. The second-order valence-electron chi connectivity index (χ2n) is 6.02. The smallest absolute Gasteiger partial charge is 0.358 e. The fourth-order valence-corrected chi connectivity index (χ4v) is 3.85. The Morgan fingerprint density at radius 1 is 1.29 bits per heavy atom. The van der Waals surface area contributed by atoms with Crippen LogP contribution < -0.4 is 5.43 Å². The average molecular weight is 359 g/mol. The molecule has 0 saturated carbocycles. The van der Waals surface area contributed by atoms with Crippen LogP contribution in [0, 0.1) is 13.8 Å². The predicted octanol–water partition coefficient (Wildman–Crippen LogP) is 2.57. The molecular formula is C15H20F3N5S. The van der Waals surface area contributed by atoms with Gasteiger partial charge in [0.05, 0.1) is 28.8 Å². The summed E-state index contributed by atoms with van der Waals surface area (Å²) < 4.78 is 38.1. The molecule has 3 heterocycles. The number of fused-ring (bicyclic) bond motifs is 1. The van der Waals surface area contributed by atoms with Gasteiger partial charge >= 0.3 is 6.18 Å². The van der Waals surface area contributed by atoms with Crippen LogP contribution in [0.5, 0.6) is 0 Å². The van der Waals surface area contributed by atoms with E-state index in [9.17, 15) is 13.2 Å². The summed E-state index contributed by atoms with van der Waals surface area (Å²) in [5.41, 5.74) is 5.07. The van der Waals surface area contributed by atoms with Gasteiger partial charge in [-0.1, -0.05) is 0 Å². The van der Waals surface area contributed by atoms with Gasteiger partial charge in [-0.25, -0.2) is 4.98 Å². The molecule has 0 saturated heterocycles. The first-order valence-electron chi connectivity index (χ1n) is 7.64. The molecule has 1 N–H and O–H groups in total. The molecule has 0 radical (unpaired) electrons. The van der Waals surface area contributed by atoms with Crippen LogP contribution in [0.2, 0.25) is 0 Å². The van der Waals surface area contributed by atoms with Gasteiger partial charge in [-0.05, 0) is 13.8 Å². The molecule has 3 rings (SSSR count). The molecule has 0 unspecified atom stereocenters. The summed E-state index contributed by atoms with van der Waals surface area (Å²) in [4.78, 5) is 9.63. The van der Waals surface area contributed by atoms with Crippen molar-refractivity contribution in [1.82, 2.24) is 25.2 Å². The highest BCUT2D eigenvalue weighted by Crippen LogP contribution is 2.29. The van der Waals surface area contributed by atoms with E-state index in [1.165, 1.54) is 4.88 Å². The van der Waals surface area contributed by atoms with E-state index in [2.05, 4.69) is 10.4 Å². The summed E-state index contributed by atoms with van der Waals surface area (Å²) in [6, 6.07) is 0. The third kappa shape index (κ3) is 3.61. The van der Waals surface area contributed by atoms with Crippen molar-refractivity contribution in [3.8, 4) is 0 Å². The van der Waals surface area contributed by atoms with E-state index < -0.39 is 12.7 Å². The first kappa shape index (κ1) is 16.9. The summed E-state index contributed by atoms with van der Waals surface area (Å²) in [6.07, 6.45) is 0.00235. The number of aryl methyl sites for hydroxylation is 2. The number of likely N-dealkylation sites (N-methyl/N-ethyl adjacent to an activating group) is 1. The Morgan fingerprint density at radius 2 is 2.04 bits per heavy atom. The molecule has 5 nitrogen and oxygen atoms in total. The van der Waals surface area contributed by atoms with Crippen LogP contribution in [0.3, 0.4) is 0 Å². The lowest BCUT2D eigenvalue weighted by molar-refractivity contribution is -0.145. The highest BCUT2D eigenvalue weighted by atomic mass is 32.1. The number of hydrazine groups is 1. The molecule has 0 fully saturated rings. The zero-order valence-electron chi connectivity index (χ0n) is 13.8. The van der Waals surface area contributed by atoms with Crippen LogP contribution >= 0.6 is 11.3 Å². The quantitative estimate of drug-likeness (QED) is 0.894. The van der Waals surface area contributed by atoms with Crippen molar-refractivity contribution in [1.29, 1.82) is 0 Å². The molecule has 0 amide bonds. The Morgan fingerprint density at radius 3 is 2.67 bits per heavy atom. The van der Waals surface area contributed by atoms with Crippen molar-refractivity contribution in [2.75, 3.05) is 26.8 Å². The zero-order valence-corrected chi connectivity index (χ0v) is 14.6. The minimum absolute atomic E-state index is 0.554. The third-order valence-corrected chi connectivity index (χ3v) is 5.12. The maximum atomic E-state index is 12.7. The molecule has 9 heteroatoms. The zero-order chi connectivity index (χ0) is 17.5. The van der Waals surface area contributed by atoms with Crippen LogP contribution in [-0.2, 0) is 6.42 Å². The van der Waals surface area contributed by atoms with Crippen molar-refractivity contribution in [3.05, 3.63) is 39.4 Å². The van der Waals surface area contributed by atoms with Crippen LogP contribution in [0.25, 0.3) is 0 Å². The molecule has 1 aromatic rings. The number of hydrogen-bond acceptors (Lipinski definition) is 6. The summed E-state index contributed by atoms with van der Waals surface area (Å²) in [6.45, 7) is 4.34. The molecule has 0 atom stereocenters. The van der Waals surface area contributed by atoms with Gasteiger partial charge in [0.2, 0.25) is 0 Å². The van der Waals surface area contributed by atoms with Gasteiger partial charge in [0, 0.05) is 37.3 Å². The molecule has 0 spiro atoms. The lowest BCUT2D eigenvalue weighted by Gasteiger charge is -2.36. The van der Waals surface area contributed by atoms with E-state index in [0.717, 1.165) is 34.4 Å². The second kappa shape index (κ2) is 6.19. The lowest BCUT2D eigenvalue weighted by Crippen LogP contribution is -2.43. The fourth-order valence-electron chi connectivity index (χ4n) is 2.92. The van der Waals surface area contributed by atoms with E-state index in [4.69, 9.17) is 0 Å². The highest BCUT2D eigenvalue weighted by Gasteiger charge is 2.36. The Bertz CT molecular complexity index is 679. The van der Waals surface area contributed by atoms with Gasteiger partial charge in [0.25, 0.3) is 0 Å². The number of halogens is 3. The molecule has 0 aromatic carbocycles. The summed E-state index contributed by atoms with van der Waals surface area (Å²) in [5, 5.41) is 2.18. The topological polar surface area (TPSA) is 34.6 Å². The van der Waals surface area contributed by atoms with Gasteiger partial charge in [0.1, 0.15) is 6.54 Å². The van der Waals surface area contributed by atoms with Crippen molar-refractivity contribution >= 4 is 11.3 Å². The number of nitrogens with one attached hydrogen (secondary N) is 1. The normalized spacial score (nSPS) is 17.7. The van der Waals surface area contributed by atoms with Crippen molar-refractivity contribution in [3.63, 3.8) is 0 Å². The molecule has 2 aliphatic heterocycles. The van der Waals surface area contributed by atoms with E-state index in [0.29, 0.717) is 12.4 Å². The minimum Gasteiger partial charge on any atom is -0.358 e. The first-order valence-corrected chi connectivity index (χ1v) is 8.45. The van der Waals surface area contributed by atoms with E-state index >= 15 is 0 Å². The predicted molar refractivity (Wildman–Crippen MR) is 86.7 cm³/mol. The summed E-state index contributed by atoms with van der Waals surface area (Å²) in [7, 11) is 1.88. The van der Waals surface area contributed by atoms with Crippen LogP contribution in [0.4, 0.5) is 13.2 Å². The summed E-state index contributed by atoms with van der Waals surface area (Å²) >= 11 is 1.68. The highest BCUT2D eigenvalue weighted by molar-refractivity contribution is 7.11. The van der Waals surface area contributed by atoms with E-state index in [1.807, 2.05) is 30.7 Å². The Balaban J connectivity index is 1.71. The van der Waals surface area contributed by atoms with E-state index in [-0.39, 0.29) is 0 Å². The first-order chi connectivity index (χ1) is 11.2. The number of alkyl halides is 3. The largest absolute Gasteiger partial charge is 0.407 e. The lowest BCUT2D eigenvalue weighted by atomic mass is 10.2. The van der Waals surface area contributed by atoms with Crippen molar-refractivity contribution < 1.29 is 13.2 Å². The standard InChI is InChI=1S/C15H20F3N5S/c1-10-14(24-11(2)20-10)4-5-22-7-13-12(21(3)9-22)6-19-23(13)8-15(16,17)18/h6-7,19H,4-5,8-9H2,1-3H3. The monoisotopic (exact) mass is 359 g/mol. The van der Waals surface area contributed by atoms with Crippen LogP contribution in [0.15, 0.2) is 23.8 Å². The fraction of sp³-hybridized carbons (Fsp3) is 0.533. The number of aromatic nitrogens is 1. The maximum Gasteiger partial charge on any atom is 0.407 e. The van der Waals surface area contributed by atoms with Crippen LogP contribution in [-0.4, -0.2) is 52.8 Å². The minimum atomic E-state index is -4.25. The molecular weight excluding hydrogens is 339 g/mol. The second-order valence-corrected chi connectivity index (χ2v) is 7.31. The van der Waals surface area contributed by atoms with Crippen LogP contribution in [0.1, 0.15) is 15.6 Å². The number of hydrogen-bond donors (Lipinski definition) is 1. The molecule has 24 heavy (non-hydrogen) atoms. The molecule has 132 valence electrons. The SMILES string of the molecule is Cc1nc(C)c(CCN2C=C3C(=CNN3CC(F)(F)F)N(C)C2)s1. The molecule has 2 aliphatic rings. The maximum absolute atomic E-state index is 12.7. The third-order valence-electron chi connectivity index (χ3n) is 3.98. The Kier molecular flexibility index (Phi) is 4.37. The Labute approximate surface area is 143 Å². The Hall–Kier alpha value is -1.90. The molecule has 1 aromatic heterocycles. The molecule has 0 aliphatic carbocycles. The van der Waals surface area contributed by atoms with Gasteiger partial charge < -0.3 is 15.2 Å². The van der Waals surface area contributed by atoms with Crippen molar-refractivity contribution in [2.24, 2.45) is 0 Å². The van der Waals surface area contributed by atoms with Gasteiger partial charge in [-0.15, -0.1) is 11.3 Å². The van der Waals surface area contributed by atoms with Gasteiger partial charge in [-0.3, -0.25) is 5.01 Å².